The minimum Gasteiger partial charge on any atom is -0.351 e. The third kappa shape index (κ3) is 2.39. The summed E-state index contributed by atoms with van der Waals surface area (Å²) in [5, 5.41) is 7.16. The Kier molecular flexibility index (Phi) is 3.19. The van der Waals surface area contributed by atoms with Gasteiger partial charge in [0, 0.05) is 32.1 Å². The quantitative estimate of drug-likeness (QED) is 0.789. The first kappa shape index (κ1) is 13.1. The van der Waals surface area contributed by atoms with Gasteiger partial charge < -0.3 is 10.2 Å². The molecule has 20 heavy (non-hydrogen) atoms. The van der Waals surface area contributed by atoms with Crippen LogP contribution in [0.25, 0.3) is 0 Å². The van der Waals surface area contributed by atoms with Crippen molar-refractivity contribution in [3.05, 3.63) is 12.2 Å². The molecule has 2 saturated heterocycles. The van der Waals surface area contributed by atoms with E-state index in [-0.39, 0.29) is 23.2 Å². The number of hydrogen-bond donors (Lipinski definition) is 1. The van der Waals surface area contributed by atoms with Crippen molar-refractivity contribution >= 4 is 11.8 Å². The third-order valence-corrected chi connectivity index (χ3v) is 4.26. The molecule has 1 N–H and O–H groups in total. The minimum absolute atomic E-state index is 0.0936. The molecule has 7 nitrogen and oxygen atoms in total. The number of rotatable bonds is 1. The van der Waals surface area contributed by atoms with Gasteiger partial charge in [-0.15, -0.1) is 5.10 Å². The summed E-state index contributed by atoms with van der Waals surface area (Å²) in [4.78, 5) is 29.6. The van der Waals surface area contributed by atoms with Crippen LogP contribution in [-0.2, 0) is 11.8 Å². The van der Waals surface area contributed by atoms with Gasteiger partial charge >= 0.3 is 0 Å². The number of carbonyl (C=O) groups is 2. The molecule has 0 aromatic carbocycles. The van der Waals surface area contributed by atoms with Crippen LogP contribution in [0, 0.1) is 0 Å². The van der Waals surface area contributed by atoms with Crippen molar-refractivity contribution in [2.75, 3.05) is 13.1 Å². The highest BCUT2D eigenvalue weighted by Crippen LogP contribution is 2.31. The molecule has 2 amide bonds. The molecule has 0 radical (unpaired) electrons. The molecule has 1 atom stereocenters. The second-order valence-electron chi connectivity index (χ2n) is 5.72. The highest BCUT2D eigenvalue weighted by atomic mass is 16.2. The van der Waals surface area contributed by atoms with Crippen LogP contribution in [0.2, 0.25) is 0 Å². The molecular formula is C13H19N5O2. The van der Waals surface area contributed by atoms with E-state index in [1.165, 1.54) is 11.0 Å². The Morgan fingerprint density at radius 1 is 1.35 bits per heavy atom. The number of aryl methyl sites for hydroxylation is 1. The summed E-state index contributed by atoms with van der Waals surface area (Å²) < 4.78 is 1.53. The number of nitrogens with zero attached hydrogens (tertiary/aromatic N) is 4. The van der Waals surface area contributed by atoms with Crippen LogP contribution in [-0.4, -0.2) is 50.1 Å². The van der Waals surface area contributed by atoms with Crippen LogP contribution in [0.3, 0.4) is 0 Å². The summed E-state index contributed by atoms with van der Waals surface area (Å²) in [6.45, 7) is 1.35. The second kappa shape index (κ2) is 4.88. The van der Waals surface area contributed by atoms with Crippen molar-refractivity contribution < 1.29 is 9.59 Å². The monoisotopic (exact) mass is 277 g/mol. The molecule has 1 spiro atoms. The first-order chi connectivity index (χ1) is 9.58. The SMILES string of the molecule is Cn1cnc(C(=O)N2CCCC3(CCC(=O)N3)CC2)n1. The smallest absolute Gasteiger partial charge is 0.293 e. The first-order valence-corrected chi connectivity index (χ1v) is 7.04. The predicted molar refractivity (Wildman–Crippen MR) is 70.9 cm³/mol. The van der Waals surface area contributed by atoms with E-state index in [4.69, 9.17) is 0 Å². The highest BCUT2D eigenvalue weighted by Gasteiger charge is 2.39. The lowest BCUT2D eigenvalue weighted by Crippen LogP contribution is -2.42. The van der Waals surface area contributed by atoms with Crippen molar-refractivity contribution in [1.29, 1.82) is 0 Å². The second-order valence-corrected chi connectivity index (χ2v) is 5.72. The summed E-state index contributed by atoms with van der Waals surface area (Å²) in [6.07, 6.45) is 5.68. The fourth-order valence-corrected chi connectivity index (χ4v) is 3.12. The topological polar surface area (TPSA) is 80.1 Å². The van der Waals surface area contributed by atoms with E-state index < -0.39 is 0 Å². The average Bonchev–Trinajstić information content (AvgIpc) is 2.93. The molecule has 2 aliphatic heterocycles. The Balaban J connectivity index is 1.68. The van der Waals surface area contributed by atoms with Crippen molar-refractivity contribution in [3.63, 3.8) is 0 Å². The maximum Gasteiger partial charge on any atom is 0.293 e. The lowest BCUT2D eigenvalue weighted by atomic mass is 9.89. The van der Waals surface area contributed by atoms with E-state index in [1.807, 2.05) is 0 Å². The Bertz CT molecular complexity index is 541. The van der Waals surface area contributed by atoms with Gasteiger partial charge in [-0.05, 0) is 25.7 Å². The van der Waals surface area contributed by atoms with E-state index >= 15 is 0 Å². The molecule has 0 aliphatic carbocycles. The van der Waals surface area contributed by atoms with Crippen LogP contribution in [0.5, 0.6) is 0 Å². The van der Waals surface area contributed by atoms with Crippen molar-refractivity contribution in [2.45, 2.75) is 37.6 Å². The maximum absolute atomic E-state index is 12.3. The third-order valence-electron chi connectivity index (χ3n) is 4.26. The van der Waals surface area contributed by atoms with Crippen LogP contribution >= 0.6 is 0 Å². The number of aromatic nitrogens is 3. The number of amides is 2. The van der Waals surface area contributed by atoms with Crippen molar-refractivity contribution in [2.24, 2.45) is 7.05 Å². The molecule has 3 heterocycles. The van der Waals surface area contributed by atoms with Gasteiger partial charge in [0.15, 0.2) is 0 Å². The Morgan fingerprint density at radius 2 is 2.20 bits per heavy atom. The van der Waals surface area contributed by atoms with E-state index in [0.717, 1.165) is 25.7 Å². The van der Waals surface area contributed by atoms with Crippen LogP contribution in [0.1, 0.15) is 42.7 Å². The predicted octanol–water partition coefficient (Wildman–Crippen LogP) is 0.0900. The van der Waals surface area contributed by atoms with Gasteiger partial charge in [0.05, 0.1) is 0 Å². The van der Waals surface area contributed by atoms with Gasteiger partial charge in [-0.2, -0.15) is 0 Å². The lowest BCUT2D eigenvalue weighted by Gasteiger charge is -2.27. The fraction of sp³-hybridized carbons (Fsp3) is 0.692. The maximum atomic E-state index is 12.3. The number of hydrogen-bond acceptors (Lipinski definition) is 4. The lowest BCUT2D eigenvalue weighted by molar-refractivity contribution is -0.119. The largest absolute Gasteiger partial charge is 0.351 e. The minimum atomic E-state index is -0.119. The molecule has 0 saturated carbocycles. The van der Waals surface area contributed by atoms with Gasteiger partial charge in [-0.1, -0.05) is 0 Å². The summed E-state index contributed by atoms with van der Waals surface area (Å²) in [7, 11) is 1.75. The van der Waals surface area contributed by atoms with E-state index in [0.29, 0.717) is 19.5 Å². The Hall–Kier alpha value is -1.92. The first-order valence-electron chi connectivity index (χ1n) is 7.04. The van der Waals surface area contributed by atoms with E-state index in [2.05, 4.69) is 15.4 Å². The normalized spacial score (nSPS) is 26.6. The zero-order valence-corrected chi connectivity index (χ0v) is 11.6. The van der Waals surface area contributed by atoms with Gasteiger partial charge in [-0.3, -0.25) is 14.3 Å². The molecule has 1 aromatic heterocycles. The van der Waals surface area contributed by atoms with Gasteiger partial charge in [0.25, 0.3) is 5.91 Å². The van der Waals surface area contributed by atoms with Crippen LogP contribution < -0.4 is 5.32 Å². The zero-order chi connectivity index (χ0) is 14.2. The standard InChI is InChI=1S/C13H19N5O2/c1-17-9-14-11(16-17)12(20)18-7-2-4-13(6-8-18)5-3-10(19)15-13/h9H,2-8H2,1H3,(H,15,19). The van der Waals surface area contributed by atoms with Gasteiger partial charge in [-0.25, -0.2) is 4.98 Å². The molecule has 1 unspecified atom stereocenters. The Labute approximate surface area is 117 Å². The van der Waals surface area contributed by atoms with Gasteiger partial charge in [0.2, 0.25) is 11.7 Å². The molecular weight excluding hydrogens is 258 g/mol. The summed E-state index contributed by atoms with van der Waals surface area (Å²) in [5.74, 6) is 0.266. The zero-order valence-electron chi connectivity index (χ0n) is 11.6. The number of likely N-dealkylation sites (tertiary alicyclic amines) is 1. The highest BCUT2D eigenvalue weighted by molar-refractivity contribution is 5.90. The molecule has 7 heteroatoms. The summed E-state index contributed by atoms with van der Waals surface area (Å²) >= 11 is 0. The van der Waals surface area contributed by atoms with Gasteiger partial charge in [0.1, 0.15) is 6.33 Å². The van der Waals surface area contributed by atoms with Crippen molar-refractivity contribution in [1.82, 2.24) is 25.0 Å². The molecule has 108 valence electrons. The molecule has 0 bridgehead atoms. The fourth-order valence-electron chi connectivity index (χ4n) is 3.12. The summed E-state index contributed by atoms with van der Waals surface area (Å²) in [6, 6.07) is 0. The van der Waals surface area contributed by atoms with E-state index in [9.17, 15) is 9.59 Å². The number of carbonyl (C=O) groups excluding carboxylic acids is 2. The molecule has 2 aliphatic rings. The van der Waals surface area contributed by atoms with Crippen LogP contribution in [0.15, 0.2) is 6.33 Å². The average molecular weight is 277 g/mol. The molecule has 1 aromatic rings. The number of nitrogens with one attached hydrogen (secondary N) is 1. The molecule has 3 rings (SSSR count). The summed E-state index contributed by atoms with van der Waals surface area (Å²) in [5.41, 5.74) is -0.0936. The Morgan fingerprint density at radius 3 is 2.85 bits per heavy atom. The van der Waals surface area contributed by atoms with E-state index in [1.54, 1.807) is 11.9 Å². The molecule has 2 fully saturated rings. The van der Waals surface area contributed by atoms with Crippen LogP contribution in [0.4, 0.5) is 0 Å². The van der Waals surface area contributed by atoms with Crippen molar-refractivity contribution in [3.8, 4) is 0 Å².